The number of piperidine rings is 1. The van der Waals surface area contributed by atoms with Crippen LogP contribution < -0.4 is 5.32 Å². The molecule has 1 aromatic carbocycles. The van der Waals surface area contributed by atoms with Crippen LogP contribution in [-0.2, 0) is 22.6 Å². The number of hydrogen-bond donors (Lipinski definition) is 2. The first kappa shape index (κ1) is 15.1. The third kappa shape index (κ3) is 2.89. The molecule has 3 rings (SSSR count). The van der Waals surface area contributed by atoms with Crippen LogP contribution >= 0.6 is 28.6 Å². The van der Waals surface area contributed by atoms with Crippen LogP contribution in [0.1, 0.15) is 34.9 Å². The minimum atomic E-state index is -0.266. The van der Waals surface area contributed by atoms with Gasteiger partial charge in [-0.15, -0.1) is 0 Å². The predicted molar refractivity (Wildman–Crippen MR) is 87.4 cm³/mol. The Bertz CT molecular complexity index is 593. The molecule has 6 heteroatoms. The molecule has 21 heavy (non-hydrogen) atoms. The molecule has 2 atom stereocenters. The quantitative estimate of drug-likeness (QED) is 0.488. The lowest BCUT2D eigenvalue weighted by Crippen LogP contribution is -2.51. The van der Waals surface area contributed by atoms with Crippen molar-refractivity contribution < 1.29 is 9.59 Å². The first-order chi connectivity index (χ1) is 10.1. The third-order valence-corrected chi connectivity index (χ3v) is 5.12. The topological polar surface area (TPSA) is 49.4 Å². The molecule has 2 aliphatic rings. The summed E-state index contributed by atoms with van der Waals surface area (Å²) in [6, 6.07) is 6.16. The number of thiol groups is 1. The van der Waals surface area contributed by atoms with E-state index in [4.69, 9.17) is 0 Å². The van der Waals surface area contributed by atoms with Crippen LogP contribution in [0.5, 0.6) is 0 Å². The Morgan fingerprint density at radius 2 is 2.19 bits per heavy atom. The Kier molecular flexibility index (Phi) is 4.38. The average molecular weight is 369 g/mol. The number of carbonyl (C=O) groups is 2. The van der Waals surface area contributed by atoms with Gasteiger partial charge in [-0.1, -0.05) is 34.1 Å². The molecule has 0 aliphatic carbocycles. The molecule has 2 heterocycles. The van der Waals surface area contributed by atoms with Crippen molar-refractivity contribution in [3.8, 4) is 0 Å². The lowest BCUT2D eigenvalue weighted by molar-refractivity contribution is -0.137. The summed E-state index contributed by atoms with van der Waals surface area (Å²) in [6.07, 6.45) is 1.96. The summed E-state index contributed by atoms with van der Waals surface area (Å²) >= 11 is 8.13. The summed E-state index contributed by atoms with van der Waals surface area (Å²) in [5.41, 5.74) is 3.69. The number of alkyl halides is 1. The maximum atomic E-state index is 12.0. The Labute approximate surface area is 137 Å². The van der Waals surface area contributed by atoms with Crippen molar-refractivity contribution in [1.82, 2.24) is 10.2 Å². The summed E-state index contributed by atoms with van der Waals surface area (Å²) < 4.78 is 0. The van der Waals surface area contributed by atoms with E-state index in [0.29, 0.717) is 19.4 Å². The molecule has 1 saturated heterocycles. The second-order valence-electron chi connectivity index (χ2n) is 5.49. The minimum absolute atomic E-state index is 0.0815. The average Bonchev–Trinajstić information content (AvgIpc) is 2.76. The largest absolute Gasteiger partial charge is 0.295 e. The summed E-state index contributed by atoms with van der Waals surface area (Å²) in [7, 11) is 0. The van der Waals surface area contributed by atoms with Gasteiger partial charge >= 0.3 is 0 Å². The zero-order chi connectivity index (χ0) is 15.0. The molecule has 2 unspecified atom stereocenters. The third-order valence-electron chi connectivity index (χ3n) is 4.15. The molecule has 112 valence electrons. The summed E-state index contributed by atoms with van der Waals surface area (Å²) in [4.78, 5) is 25.4. The fourth-order valence-electron chi connectivity index (χ4n) is 3.05. The van der Waals surface area contributed by atoms with E-state index in [1.807, 2.05) is 0 Å². The van der Waals surface area contributed by atoms with Gasteiger partial charge in [0.15, 0.2) is 0 Å². The molecule has 0 radical (unpaired) electrons. The molecule has 1 aromatic rings. The van der Waals surface area contributed by atoms with Gasteiger partial charge in [0.1, 0.15) is 0 Å². The molecule has 2 aliphatic heterocycles. The van der Waals surface area contributed by atoms with E-state index in [1.165, 1.54) is 16.7 Å². The van der Waals surface area contributed by atoms with Crippen molar-refractivity contribution in [1.29, 1.82) is 0 Å². The van der Waals surface area contributed by atoms with Gasteiger partial charge in [-0.2, -0.15) is 12.6 Å². The molecular weight excluding hydrogens is 352 g/mol. The van der Waals surface area contributed by atoms with E-state index in [-0.39, 0.29) is 23.2 Å². The molecule has 0 aromatic heterocycles. The van der Waals surface area contributed by atoms with E-state index >= 15 is 0 Å². The second-order valence-corrected chi connectivity index (χ2v) is 6.77. The number of rotatable bonds is 3. The highest BCUT2D eigenvalue weighted by atomic mass is 79.9. The fraction of sp³-hybridized carbons (Fsp3) is 0.467. The molecule has 1 fully saturated rings. The molecule has 0 saturated carbocycles. The molecule has 0 bridgehead atoms. The van der Waals surface area contributed by atoms with Crippen molar-refractivity contribution in [3.05, 3.63) is 34.9 Å². The molecule has 0 spiro atoms. The van der Waals surface area contributed by atoms with E-state index in [0.717, 1.165) is 11.8 Å². The lowest BCUT2D eigenvalue weighted by Gasteiger charge is -2.32. The smallest absolute Gasteiger partial charge is 0.243 e. The molecular formula is C15H17BrN2O2S. The number of halogens is 1. The Hall–Kier alpha value is -0.850. The van der Waals surface area contributed by atoms with Crippen molar-refractivity contribution in [3.63, 3.8) is 0 Å². The van der Waals surface area contributed by atoms with Crippen LogP contribution in [0.4, 0.5) is 0 Å². The van der Waals surface area contributed by atoms with Crippen molar-refractivity contribution in [2.75, 3.05) is 5.33 Å². The van der Waals surface area contributed by atoms with Crippen LogP contribution in [0.3, 0.4) is 0 Å². The van der Waals surface area contributed by atoms with Crippen LogP contribution in [0, 0.1) is 0 Å². The number of nitrogens with one attached hydrogen (secondary N) is 1. The first-order valence-corrected chi connectivity index (χ1v) is 8.69. The maximum Gasteiger partial charge on any atom is 0.243 e. The molecule has 4 nitrogen and oxygen atoms in total. The maximum absolute atomic E-state index is 12.0. The lowest BCUT2D eigenvalue weighted by atomic mass is 10.0. The van der Waals surface area contributed by atoms with Crippen LogP contribution in [0.2, 0.25) is 0 Å². The number of benzene rings is 1. The van der Waals surface area contributed by atoms with E-state index in [2.05, 4.69) is 57.0 Å². The van der Waals surface area contributed by atoms with Crippen molar-refractivity contribution >= 4 is 40.4 Å². The second kappa shape index (κ2) is 6.10. The minimum Gasteiger partial charge on any atom is -0.295 e. The van der Waals surface area contributed by atoms with Crippen LogP contribution in [0.15, 0.2) is 18.2 Å². The normalized spacial score (nSPS) is 25.8. The standard InChI is InChI=1S/C15H17BrN2O2S/c16-6-5-9-1-2-11-10(7-9)8-18(15(11)21)12-3-4-13(19)17-14(12)20/h1-2,7,12,15,21H,3-6,8H2,(H,17,19,20). The van der Waals surface area contributed by atoms with Gasteiger partial charge in [0.2, 0.25) is 11.8 Å². The monoisotopic (exact) mass is 368 g/mol. The SMILES string of the molecule is O=C1CCC(N2Cc3cc(CCBr)ccc3C2S)C(=O)N1. The summed E-state index contributed by atoms with van der Waals surface area (Å²) in [6.45, 7) is 0.714. The Balaban J connectivity index is 1.81. The molecule has 1 N–H and O–H groups in total. The highest BCUT2D eigenvalue weighted by molar-refractivity contribution is 9.09. The van der Waals surface area contributed by atoms with Gasteiger partial charge in [-0.25, -0.2) is 0 Å². The predicted octanol–water partition coefficient (Wildman–Crippen LogP) is 2.17. The van der Waals surface area contributed by atoms with Crippen molar-refractivity contribution in [2.45, 2.75) is 37.2 Å². The number of amides is 2. The van der Waals surface area contributed by atoms with Gasteiger partial charge in [0, 0.05) is 18.3 Å². The summed E-state index contributed by atoms with van der Waals surface area (Å²) in [5, 5.41) is 3.28. The van der Waals surface area contributed by atoms with Gasteiger partial charge in [-0.3, -0.25) is 19.8 Å². The van der Waals surface area contributed by atoms with Gasteiger partial charge in [0.05, 0.1) is 11.4 Å². The number of fused-ring (bicyclic) bond motifs is 1. The number of hydrogen-bond acceptors (Lipinski definition) is 4. The first-order valence-electron chi connectivity index (χ1n) is 7.05. The Morgan fingerprint density at radius 3 is 2.90 bits per heavy atom. The van der Waals surface area contributed by atoms with Crippen LogP contribution in [0.25, 0.3) is 0 Å². The number of imide groups is 1. The Morgan fingerprint density at radius 1 is 1.38 bits per heavy atom. The van der Waals surface area contributed by atoms with E-state index in [9.17, 15) is 9.59 Å². The fourth-order valence-corrected chi connectivity index (χ4v) is 4.01. The summed E-state index contributed by atoms with van der Waals surface area (Å²) in [5.74, 6) is -0.373. The number of aryl methyl sites for hydroxylation is 1. The van der Waals surface area contributed by atoms with Gasteiger partial charge in [0.25, 0.3) is 0 Å². The zero-order valence-electron chi connectivity index (χ0n) is 11.5. The van der Waals surface area contributed by atoms with E-state index in [1.54, 1.807) is 0 Å². The highest BCUT2D eigenvalue weighted by Crippen LogP contribution is 2.39. The highest BCUT2D eigenvalue weighted by Gasteiger charge is 2.38. The van der Waals surface area contributed by atoms with Gasteiger partial charge < -0.3 is 0 Å². The van der Waals surface area contributed by atoms with Gasteiger partial charge in [-0.05, 0) is 29.5 Å². The zero-order valence-corrected chi connectivity index (χ0v) is 14.0. The van der Waals surface area contributed by atoms with E-state index < -0.39 is 0 Å². The number of carbonyl (C=O) groups excluding carboxylic acids is 2. The molecule has 2 amide bonds. The number of nitrogens with zero attached hydrogens (tertiary/aromatic N) is 1. The van der Waals surface area contributed by atoms with Crippen LogP contribution in [-0.4, -0.2) is 28.1 Å². The van der Waals surface area contributed by atoms with Crippen molar-refractivity contribution in [2.24, 2.45) is 0 Å².